The smallest absolute Gasteiger partial charge is 0.224 e. The molecule has 2 unspecified atom stereocenters. The third-order valence-corrected chi connectivity index (χ3v) is 2.42. The number of hydrogen-bond acceptors (Lipinski definition) is 3. The van der Waals surface area contributed by atoms with Crippen molar-refractivity contribution < 1.29 is 4.79 Å². The van der Waals surface area contributed by atoms with E-state index in [0.29, 0.717) is 6.54 Å². The topological polar surface area (TPSA) is 68.0 Å². The van der Waals surface area contributed by atoms with Crippen LogP contribution >= 0.6 is 24.8 Å². The normalized spacial score (nSPS) is 12.6. The van der Waals surface area contributed by atoms with E-state index in [-0.39, 0.29) is 42.7 Å². The van der Waals surface area contributed by atoms with Gasteiger partial charge in [0.15, 0.2) is 0 Å². The number of carbonyl (C=O) groups excluding carboxylic acids is 1. The van der Waals surface area contributed by atoms with Gasteiger partial charge in [-0.1, -0.05) is 6.92 Å². The first-order valence-corrected chi connectivity index (χ1v) is 5.03. The summed E-state index contributed by atoms with van der Waals surface area (Å²) in [7, 11) is 0. The quantitative estimate of drug-likeness (QED) is 0.878. The van der Waals surface area contributed by atoms with E-state index in [1.807, 2.05) is 26.0 Å². The van der Waals surface area contributed by atoms with E-state index in [1.165, 1.54) is 0 Å². The van der Waals surface area contributed by atoms with Gasteiger partial charge in [-0.25, -0.2) is 0 Å². The maximum atomic E-state index is 11.6. The molecule has 1 heterocycles. The van der Waals surface area contributed by atoms with Crippen LogP contribution in [0.15, 0.2) is 24.5 Å². The summed E-state index contributed by atoms with van der Waals surface area (Å²) < 4.78 is 0. The predicted octanol–water partition coefficient (Wildman–Crippen LogP) is 1.52. The van der Waals surface area contributed by atoms with Crippen molar-refractivity contribution in [1.29, 1.82) is 0 Å². The van der Waals surface area contributed by atoms with Gasteiger partial charge in [-0.2, -0.15) is 0 Å². The van der Waals surface area contributed by atoms with Crippen LogP contribution in [-0.2, 0) is 11.3 Å². The number of pyridine rings is 1. The highest BCUT2D eigenvalue weighted by Gasteiger charge is 2.16. The molecule has 0 aliphatic rings. The van der Waals surface area contributed by atoms with Gasteiger partial charge in [-0.05, 0) is 24.6 Å². The van der Waals surface area contributed by atoms with E-state index in [2.05, 4.69) is 10.3 Å². The number of nitrogens with one attached hydrogen (secondary N) is 1. The van der Waals surface area contributed by atoms with Gasteiger partial charge < -0.3 is 11.1 Å². The van der Waals surface area contributed by atoms with Crippen molar-refractivity contribution in [2.75, 3.05) is 0 Å². The first kappa shape index (κ1) is 18.5. The van der Waals surface area contributed by atoms with Gasteiger partial charge in [0.1, 0.15) is 0 Å². The van der Waals surface area contributed by atoms with Crippen LogP contribution in [0.1, 0.15) is 19.4 Å². The molecule has 1 aromatic heterocycles. The van der Waals surface area contributed by atoms with Gasteiger partial charge in [0, 0.05) is 30.9 Å². The van der Waals surface area contributed by atoms with Crippen molar-refractivity contribution in [3.63, 3.8) is 0 Å². The lowest BCUT2D eigenvalue weighted by Crippen LogP contribution is -2.38. The number of nitrogens with zero attached hydrogens (tertiary/aromatic N) is 1. The molecule has 1 amide bonds. The highest BCUT2D eigenvalue weighted by molar-refractivity contribution is 5.85. The third kappa shape index (κ3) is 6.46. The van der Waals surface area contributed by atoms with E-state index < -0.39 is 0 Å². The maximum absolute atomic E-state index is 11.6. The fraction of sp³-hybridized carbons (Fsp3) is 0.455. The molecule has 1 aromatic rings. The molecule has 0 bridgehead atoms. The molecule has 6 heteroatoms. The SMILES string of the molecule is CC(N)C(C)C(=O)NCc1ccncc1.Cl.Cl. The Morgan fingerprint density at radius 1 is 1.35 bits per heavy atom. The number of carbonyl (C=O) groups is 1. The molecule has 4 nitrogen and oxygen atoms in total. The number of rotatable bonds is 4. The second-order valence-corrected chi connectivity index (χ2v) is 3.72. The van der Waals surface area contributed by atoms with Crippen LogP contribution in [-0.4, -0.2) is 16.9 Å². The second kappa shape index (κ2) is 9.22. The molecule has 0 radical (unpaired) electrons. The summed E-state index contributed by atoms with van der Waals surface area (Å²) in [5.41, 5.74) is 6.67. The molecule has 0 aliphatic heterocycles. The monoisotopic (exact) mass is 279 g/mol. The third-order valence-electron chi connectivity index (χ3n) is 2.42. The van der Waals surface area contributed by atoms with Crippen molar-refractivity contribution >= 4 is 30.7 Å². The van der Waals surface area contributed by atoms with E-state index in [4.69, 9.17) is 5.73 Å². The molecule has 0 aromatic carbocycles. The average Bonchev–Trinajstić information content (AvgIpc) is 2.26. The van der Waals surface area contributed by atoms with Crippen molar-refractivity contribution in [3.05, 3.63) is 30.1 Å². The van der Waals surface area contributed by atoms with E-state index in [9.17, 15) is 4.79 Å². The summed E-state index contributed by atoms with van der Waals surface area (Å²) in [6, 6.07) is 3.62. The lowest BCUT2D eigenvalue weighted by atomic mass is 10.0. The fourth-order valence-electron chi connectivity index (χ4n) is 1.09. The number of nitrogens with two attached hydrogens (primary N) is 1. The molecule has 3 N–H and O–H groups in total. The Hall–Kier alpha value is -0.840. The van der Waals surface area contributed by atoms with Gasteiger partial charge in [-0.3, -0.25) is 9.78 Å². The minimum Gasteiger partial charge on any atom is -0.352 e. The van der Waals surface area contributed by atoms with Gasteiger partial charge in [0.2, 0.25) is 5.91 Å². The van der Waals surface area contributed by atoms with Crippen LogP contribution in [0.25, 0.3) is 0 Å². The van der Waals surface area contributed by atoms with Crippen LogP contribution in [0.5, 0.6) is 0 Å². The molecular weight excluding hydrogens is 261 g/mol. The number of amides is 1. The lowest BCUT2D eigenvalue weighted by molar-refractivity contribution is -0.125. The first-order chi connectivity index (χ1) is 7.11. The lowest BCUT2D eigenvalue weighted by Gasteiger charge is -2.15. The standard InChI is InChI=1S/C11H17N3O.2ClH/c1-8(9(2)12)11(15)14-7-10-3-5-13-6-4-10;;/h3-6,8-9H,7,12H2,1-2H3,(H,14,15);2*1H. The van der Waals surface area contributed by atoms with Crippen LogP contribution in [0.4, 0.5) is 0 Å². The van der Waals surface area contributed by atoms with Crippen LogP contribution in [0, 0.1) is 5.92 Å². The Kier molecular flexibility index (Phi) is 10.0. The van der Waals surface area contributed by atoms with E-state index in [0.717, 1.165) is 5.56 Å². The molecule has 2 atom stereocenters. The van der Waals surface area contributed by atoms with Crippen LogP contribution in [0.3, 0.4) is 0 Å². The summed E-state index contributed by atoms with van der Waals surface area (Å²) in [6.45, 7) is 4.18. The molecule has 0 saturated heterocycles. The Morgan fingerprint density at radius 3 is 2.35 bits per heavy atom. The zero-order valence-electron chi connectivity index (χ0n) is 9.92. The Labute approximate surface area is 114 Å². The minimum atomic E-state index is -0.160. The van der Waals surface area contributed by atoms with Gasteiger partial charge in [0.05, 0.1) is 0 Å². The molecule has 98 valence electrons. The number of aromatic nitrogens is 1. The van der Waals surface area contributed by atoms with Crippen molar-refractivity contribution in [3.8, 4) is 0 Å². The number of halogens is 2. The summed E-state index contributed by atoms with van der Waals surface area (Å²) in [5, 5.41) is 2.83. The van der Waals surface area contributed by atoms with Crippen molar-refractivity contribution in [2.24, 2.45) is 11.7 Å². The van der Waals surface area contributed by atoms with Crippen LogP contribution in [0.2, 0.25) is 0 Å². The molecule has 0 saturated carbocycles. The first-order valence-electron chi connectivity index (χ1n) is 5.03. The van der Waals surface area contributed by atoms with E-state index in [1.54, 1.807) is 12.4 Å². The minimum absolute atomic E-state index is 0. The summed E-state index contributed by atoms with van der Waals surface area (Å²) in [4.78, 5) is 15.5. The Bertz CT molecular complexity index is 320. The molecule has 0 aliphatic carbocycles. The molecular formula is C11H19Cl2N3O. The second-order valence-electron chi connectivity index (χ2n) is 3.72. The summed E-state index contributed by atoms with van der Waals surface area (Å²) in [5.74, 6) is -0.173. The number of hydrogen-bond donors (Lipinski definition) is 2. The molecule has 1 rings (SSSR count). The Balaban J connectivity index is 0. The van der Waals surface area contributed by atoms with Crippen molar-refractivity contribution in [2.45, 2.75) is 26.4 Å². The van der Waals surface area contributed by atoms with E-state index >= 15 is 0 Å². The fourth-order valence-corrected chi connectivity index (χ4v) is 1.09. The maximum Gasteiger partial charge on any atom is 0.224 e. The summed E-state index contributed by atoms with van der Waals surface area (Å²) >= 11 is 0. The van der Waals surface area contributed by atoms with Gasteiger partial charge in [-0.15, -0.1) is 24.8 Å². The van der Waals surface area contributed by atoms with Crippen molar-refractivity contribution in [1.82, 2.24) is 10.3 Å². The largest absolute Gasteiger partial charge is 0.352 e. The zero-order valence-corrected chi connectivity index (χ0v) is 11.6. The van der Waals surface area contributed by atoms with Gasteiger partial charge >= 0.3 is 0 Å². The summed E-state index contributed by atoms with van der Waals surface area (Å²) in [6.07, 6.45) is 3.41. The molecule has 17 heavy (non-hydrogen) atoms. The predicted molar refractivity (Wildman–Crippen MR) is 73.4 cm³/mol. The zero-order chi connectivity index (χ0) is 11.3. The molecule has 0 spiro atoms. The Morgan fingerprint density at radius 2 is 1.88 bits per heavy atom. The highest BCUT2D eigenvalue weighted by atomic mass is 35.5. The van der Waals surface area contributed by atoms with Crippen LogP contribution < -0.4 is 11.1 Å². The molecule has 0 fully saturated rings. The highest BCUT2D eigenvalue weighted by Crippen LogP contribution is 2.01. The average molecular weight is 280 g/mol. The van der Waals surface area contributed by atoms with Gasteiger partial charge in [0.25, 0.3) is 0 Å².